The predicted octanol–water partition coefficient (Wildman–Crippen LogP) is 2.18. The van der Waals surface area contributed by atoms with Crippen molar-refractivity contribution in [3.63, 3.8) is 0 Å². The highest BCUT2D eigenvalue weighted by Crippen LogP contribution is 2.36. The molecule has 1 saturated carbocycles. The summed E-state index contributed by atoms with van der Waals surface area (Å²) in [6.45, 7) is 10.4. The summed E-state index contributed by atoms with van der Waals surface area (Å²) in [5.74, 6) is 1.19. The highest BCUT2D eigenvalue weighted by Gasteiger charge is 2.48. The highest BCUT2D eigenvalue weighted by atomic mass is 16.2. The van der Waals surface area contributed by atoms with E-state index < -0.39 is 0 Å². The number of hydrogen-bond donors (Lipinski definition) is 1. The molecule has 20 heavy (non-hydrogen) atoms. The molecule has 2 fully saturated rings. The van der Waals surface area contributed by atoms with Crippen molar-refractivity contribution < 1.29 is 9.59 Å². The molecule has 0 aromatic carbocycles. The van der Waals surface area contributed by atoms with E-state index in [1.165, 1.54) is 0 Å². The smallest absolute Gasteiger partial charge is 0.246 e. The third kappa shape index (κ3) is 2.57. The van der Waals surface area contributed by atoms with E-state index in [1.54, 1.807) is 0 Å². The molecule has 2 amide bonds. The monoisotopic (exact) mass is 280 g/mol. The van der Waals surface area contributed by atoms with Gasteiger partial charge in [0.2, 0.25) is 11.8 Å². The van der Waals surface area contributed by atoms with Crippen LogP contribution in [0.3, 0.4) is 0 Å². The molecule has 3 unspecified atom stereocenters. The second kappa shape index (κ2) is 5.74. The Morgan fingerprint density at radius 1 is 1.25 bits per heavy atom. The van der Waals surface area contributed by atoms with Crippen LogP contribution >= 0.6 is 0 Å². The van der Waals surface area contributed by atoms with Crippen LogP contribution in [0.4, 0.5) is 0 Å². The van der Waals surface area contributed by atoms with Crippen molar-refractivity contribution in [1.29, 1.82) is 0 Å². The summed E-state index contributed by atoms with van der Waals surface area (Å²) in [5, 5.41) is 2.96. The summed E-state index contributed by atoms with van der Waals surface area (Å²) in [5.41, 5.74) is 0. The van der Waals surface area contributed by atoms with Crippen molar-refractivity contribution in [2.24, 2.45) is 17.8 Å². The minimum absolute atomic E-state index is 0.0319. The molecule has 2 aliphatic rings. The molecule has 0 aromatic heterocycles. The Balaban J connectivity index is 2.24. The molecule has 1 heterocycles. The summed E-state index contributed by atoms with van der Waals surface area (Å²) in [7, 11) is 0. The van der Waals surface area contributed by atoms with Crippen molar-refractivity contribution in [3.05, 3.63) is 0 Å². The van der Waals surface area contributed by atoms with Crippen molar-refractivity contribution >= 4 is 11.8 Å². The summed E-state index contributed by atoms with van der Waals surface area (Å²) >= 11 is 0. The molecule has 1 aliphatic heterocycles. The molecule has 4 nitrogen and oxygen atoms in total. The maximum absolute atomic E-state index is 12.8. The van der Waals surface area contributed by atoms with E-state index in [-0.39, 0.29) is 41.8 Å². The largest absolute Gasteiger partial charge is 0.342 e. The number of carbonyl (C=O) groups excluding carboxylic acids is 2. The van der Waals surface area contributed by atoms with Gasteiger partial charge < -0.3 is 10.2 Å². The van der Waals surface area contributed by atoms with Crippen LogP contribution in [0, 0.1) is 17.8 Å². The topological polar surface area (TPSA) is 49.4 Å². The third-order valence-electron chi connectivity index (χ3n) is 4.97. The van der Waals surface area contributed by atoms with Crippen LogP contribution in [0.15, 0.2) is 0 Å². The second-order valence-corrected chi connectivity index (χ2v) is 7.04. The van der Waals surface area contributed by atoms with E-state index in [1.807, 2.05) is 25.7 Å². The predicted molar refractivity (Wildman–Crippen MR) is 79.0 cm³/mol. The van der Waals surface area contributed by atoms with Gasteiger partial charge in [-0.15, -0.1) is 0 Å². The first-order valence-electron chi connectivity index (χ1n) is 7.99. The maximum Gasteiger partial charge on any atom is 0.246 e. The molecule has 0 aromatic rings. The fourth-order valence-corrected chi connectivity index (χ4v) is 3.46. The van der Waals surface area contributed by atoms with Gasteiger partial charge in [0.15, 0.2) is 0 Å². The zero-order valence-electron chi connectivity index (χ0n) is 13.3. The van der Waals surface area contributed by atoms with Crippen LogP contribution in [0.2, 0.25) is 0 Å². The molecule has 0 bridgehead atoms. The molecule has 0 radical (unpaired) electrons. The van der Waals surface area contributed by atoms with Gasteiger partial charge in [0.1, 0.15) is 12.1 Å². The van der Waals surface area contributed by atoms with E-state index in [4.69, 9.17) is 0 Å². The summed E-state index contributed by atoms with van der Waals surface area (Å²) < 4.78 is 0. The van der Waals surface area contributed by atoms with Gasteiger partial charge in [-0.05, 0) is 30.6 Å². The zero-order chi connectivity index (χ0) is 15.0. The lowest BCUT2D eigenvalue weighted by atomic mass is 9.78. The van der Waals surface area contributed by atoms with E-state index in [2.05, 4.69) is 19.2 Å². The number of piperazine rings is 1. The number of hydrogen-bond acceptors (Lipinski definition) is 2. The highest BCUT2D eigenvalue weighted by molar-refractivity contribution is 5.97. The van der Waals surface area contributed by atoms with Gasteiger partial charge in [-0.2, -0.15) is 0 Å². The van der Waals surface area contributed by atoms with E-state index in [0.717, 1.165) is 19.3 Å². The molecule has 0 spiro atoms. The van der Waals surface area contributed by atoms with Crippen LogP contribution in [0.5, 0.6) is 0 Å². The summed E-state index contributed by atoms with van der Waals surface area (Å²) in [6, 6.07) is -0.360. The lowest BCUT2D eigenvalue weighted by Gasteiger charge is -2.50. The van der Waals surface area contributed by atoms with Crippen molar-refractivity contribution in [3.8, 4) is 0 Å². The fraction of sp³-hybridized carbons (Fsp3) is 0.875. The molecular formula is C16H28N2O2. The standard InChI is InChI=1S/C16H28N2O2/c1-6-11(5)13-16(20)18(12-7-10(4)8-12)14(9(2)3)15(19)17-13/h9-14H,6-8H2,1-5H3,(H,17,19). The molecule has 114 valence electrons. The average Bonchev–Trinajstić information content (AvgIpc) is 2.35. The first kappa shape index (κ1) is 15.3. The second-order valence-electron chi connectivity index (χ2n) is 7.04. The van der Waals surface area contributed by atoms with Crippen LogP contribution < -0.4 is 5.32 Å². The molecule has 1 aliphatic carbocycles. The quantitative estimate of drug-likeness (QED) is 0.858. The lowest BCUT2D eigenvalue weighted by Crippen LogP contribution is -2.69. The van der Waals surface area contributed by atoms with Crippen LogP contribution in [0.25, 0.3) is 0 Å². The van der Waals surface area contributed by atoms with E-state index >= 15 is 0 Å². The number of carbonyl (C=O) groups is 2. The average molecular weight is 280 g/mol. The maximum atomic E-state index is 12.8. The number of nitrogens with zero attached hydrogens (tertiary/aromatic N) is 1. The van der Waals surface area contributed by atoms with Crippen molar-refractivity contribution in [2.45, 2.75) is 72.0 Å². The first-order valence-corrected chi connectivity index (χ1v) is 7.99. The van der Waals surface area contributed by atoms with Gasteiger partial charge in [-0.1, -0.05) is 41.0 Å². The van der Waals surface area contributed by atoms with E-state index in [9.17, 15) is 9.59 Å². The van der Waals surface area contributed by atoms with Crippen LogP contribution in [-0.2, 0) is 9.59 Å². The summed E-state index contributed by atoms with van der Waals surface area (Å²) in [6.07, 6.45) is 2.98. The SMILES string of the molecule is CCC(C)C1NC(=O)C(C(C)C)N(C2CC(C)C2)C1=O. The van der Waals surface area contributed by atoms with Gasteiger partial charge in [-0.25, -0.2) is 0 Å². The normalized spacial score (nSPS) is 35.8. The Kier molecular flexibility index (Phi) is 4.40. The van der Waals surface area contributed by atoms with Crippen molar-refractivity contribution in [2.75, 3.05) is 0 Å². The first-order chi connectivity index (χ1) is 9.36. The third-order valence-corrected chi connectivity index (χ3v) is 4.97. The van der Waals surface area contributed by atoms with Gasteiger partial charge >= 0.3 is 0 Å². The van der Waals surface area contributed by atoms with Gasteiger partial charge in [0.25, 0.3) is 0 Å². The van der Waals surface area contributed by atoms with Gasteiger partial charge in [0.05, 0.1) is 0 Å². The Labute approximate surface area is 122 Å². The number of amides is 2. The Morgan fingerprint density at radius 2 is 1.85 bits per heavy atom. The van der Waals surface area contributed by atoms with Gasteiger partial charge in [0, 0.05) is 6.04 Å². The molecule has 1 N–H and O–H groups in total. The Bertz CT molecular complexity index is 388. The molecular weight excluding hydrogens is 252 g/mol. The Hall–Kier alpha value is -1.06. The summed E-state index contributed by atoms with van der Waals surface area (Å²) in [4.78, 5) is 27.2. The number of nitrogens with one attached hydrogen (secondary N) is 1. The minimum Gasteiger partial charge on any atom is -0.342 e. The van der Waals surface area contributed by atoms with Crippen LogP contribution in [-0.4, -0.2) is 34.8 Å². The fourth-order valence-electron chi connectivity index (χ4n) is 3.46. The molecule has 4 heteroatoms. The lowest BCUT2D eigenvalue weighted by molar-refractivity contribution is -0.159. The number of rotatable bonds is 4. The molecule has 2 rings (SSSR count). The molecule has 1 saturated heterocycles. The zero-order valence-corrected chi connectivity index (χ0v) is 13.3. The minimum atomic E-state index is -0.335. The Morgan fingerprint density at radius 3 is 2.30 bits per heavy atom. The van der Waals surface area contributed by atoms with E-state index in [0.29, 0.717) is 5.92 Å². The van der Waals surface area contributed by atoms with Crippen LogP contribution in [0.1, 0.15) is 53.9 Å². The van der Waals surface area contributed by atoms with Crippen molar-refractivity contribution in [1.82, 2.24) is 10.2 Å². The van der Waals surface area contributed by atoms with Gasteiger partial charge in [-0.3, -0.25) is 9.59 Å². The molecule has 3 atom stereocenters.